The molecule has 0 aromatic carbocycles. The number of unbranched alkanes of at least 4 members (excludes halogenated alkanes) is 5. The average Bonchev–Trinajstić information content (AvgIpc) is 3.04. The maximum absolute atomic E-state index is 12.7. The van der Waals surface area contributed by atoms with Crippen molar-refractivity contribution in [2.75, 3.05) is 20.2 Å². The van der Waals surface area contributed by atoms with Crippen molar-refractivity contribution in [3.05, 3.63) is 0 Å². The number of methoxy groups -OCH3 is 1. The van der Waals surface area contributed by atoms with Crippen LogP contribution in [0.3, 0.4) is 0 Å². The van der Waals surface area contributed by atoms with E-state index >= 15 is 0 Å². The molecule has 7 heteroatoms. The fourth-order valence-corrected chi connectivity index (χ4v) is 8.29. The Kier molecular flexibility index (Phi) is 17.4. The Labute approximate surface area is 276 Å². The summed E-state index contributed by atoms with van der Waals surface area (Å²) in [6.45, 7) is 19.5. The van der Waals surface area contributed by atoms with E-state index in [0.717, 1.165) is 77.3 Å². The second kappa shape index (κ2) is 19.6. The second-order valence-corrected chi connectivity index (χ2v) is 15.3. The van der Waals surface area contributed by atoms with Gasteiger partial charge in [0.05, 0.1) is 13.2 Å². The van der Waals surface area contributed by atoms with Crippen LogP contribution < -0.4 is 5.32 Å². The third kappa shape index (κ3) is 11.8. The Morgan fingerprint density at radius 1 is 0.956 bits per heavy atom. The molecule has 1 spiro atoms. The topological polar surface area (TPSA) is 83.1 Å². The van der Waals surface area contributed by atoms with E-state index < -0.39 is 0 Å². The van der Waals surface area contributed by atoms with Gasteiger partial charge in [-0.25, -0.2) is 9.78 Å². The van der Waals surface area contributed by atoms with Crippen LogP contribution >= 0.6 is 0 Å². The largest absolute Gasteiger partial charge is 0.469 e. The van der Waals surface area contributed by atoms with Crippen LogP contribution in [0.25, 0.3) is 0 Å². The highest BCUT2D eigenvalue weighted by atomic mass is 17.2. The van der Waals surface area contributed by atoms with Crippen molar-refractivity contribution in [2.45, 2.75) is 182 Å². The van der Waals surface area contributed by atoms with E-state index in [9.17, 15) is 9.59 Å². The van der Waals surface area contributed by atoms with Crippen molar-refractivity contribution < 1.29 is 28.8 Å². The van der Waals surface area contributed by atoms with Gasteiger partial charge in [0, 0.05) is 24.2 Å². The van der Waals surface area contributed by atoms with E-state index in [1.807, 2.05) is 0 Å². The maximum Gasteiger partial charge on any atom is 0.305 e. The molecule has 0 bridgehead atoms. The molecule has 2 saturated heterocycles. The lowest BCUT2D eigenvalue weighted by molar-refractivity contribution is -0.420. The quantitative estimate of drug-likeness (QED) is 0.0763. The Balaban J connectivity index is 2.31. The van der Waals surface area contributed by atoms with Gasteiger partial charge in [0.15, 0.2) is 0 Å². The molecule has 2 rings (SSSR count). The lowest BCUT2D eigenvalue weighted by Gasteiger charge is -2.51. The van der Waals surface area contributed by atoms with Gasteiger partial charge in [-0.15, -0.1) is 0 Å². The predicted molar refractivity (Wildman–Crippen MR) is 183 cm³/mol. The molecule has 2 aliphatic heterocycles. The van der Waals surface area contributed by atoms with Gasteiger partial charge in [-0.3, -0.25) is 9.59 Å². The smallest absolute Gasteiger partial charge is 0.305 e. The van der Waals surface area contributed by atoms with Gasteiger partial charge >= 0.3 is 11.9 Å². The first kappa shape index (κ1) is 40.0. The lowest BCUT2D eigenvalue weighted by Crippen LogP contribution is -2.51. The normalized spacial score (nSPS) is 23.7. The molecule has 7 nitrogen and oxygen atoms in total. The zero-order valence-corrected chi connectivity index (χ0v) is 30.8. The van der Waals surface area contributed by atoms with Crippen LogP contribution in [0.4, 0.5) is 0 Å². The minimum atomic E-state index is -0.216. The molecule has 7 atom stereocenters. The molecule has 0 aromatic rings. The molecular formula is C38H71NO6. The van der Waals surface area contributed by atoms with E-state index in [4.69, 9.17) is 19.2 Å². The number of hydrogen-bond donors (Lipinski definition) is 1. The molecule has 2 heterocycles. The molecule has 264 valence electrons. The summed E-state index contributed by atoms with van der Waals surface area (Å²) in [5, 5.41) is 3.45. The highest BCUT2D eigenvalue weighted by molar-refractivity contribution is 5.69. The van der Waals surface area contributed by atoms with E-state index in [2.05, 4.69) is 53.8 Å². The molecule has 45 heavy (non-hydrogen) atoms. The standard InChI is InChI=1S/C38H71NO6/c1-10-14-15-16-17-18-20-36(7,12-3)35(43-30(6)40)37(8,13-4)29(5)26-32(27-31(11-2)28-34(41)42-9)33-19-21-38(45-44-33)22-24-39-25-23-38/h29,31-33,35,39H,10-28H2,1-9H3. The average molecular weight is 638 g/mol. The number of carbonyl (C=O) groups is 2. The lowest BCUT2D eigenvalue weighted by atomic mass is 9.59. The number of piperidine rings is 1. The minimum Gasteiger partial charge on any atom is -0.469 e. The zero-order chi connectivity index (χ0) is 33.5. The minimum absolute atomic E-state index is 0.0198. The Hall–Kier alpha value is -1.18. The molecule has 0 aliphatic carbocycles. The van der Waals surface area contributed by atoms with E-state index in [0.29, 0.717) is 6.42 Å². The molecule has 2 fully saturated rings. The van der Waals surface area contributed by atoms with Gasteiger partial charge in [-0.1, -0.05) is 93.4 Å². The summed E-state index contributed by atoms with van der Waals surface area (Å²) in [6.07, 6.45) is 17.4. The third-order valence-electron chi connectivity index (χ3n) is 12.1. The van der Waals surface area contributed by atoms with E-state index in [1.54, 1.807) is 6.92 Å². The first-order valence-electron chi connectivity index (χ1n) is 18.7. The summed E-state index contributed by atoms with van der Waals surface area (Å²) in [7, 11) is 1.48. The van der Waals surface area contributed by atoms with Gasteiger partial charge in [-0.2, -0.15) is 0 Å². The predicted octanol–water partition coefficient (Wildman–Crippen LogP) is 9.36. The Morgan fingerprint density at radius 3 is 2.16 bits per heavy atom. The van der Waals surface area contributed by atoms with Crippen LogP contribution in [0, 0.1) is 28.6 Å². The van der Waals surface area contributed by atoms with Crippen LogP contribution in [-0.4, -0.2) is 49.9 Å². The van der Waals surface area contributed by atoms with Gasteiger partial charge in [-0.05, 0) is 88.6 Å². The summed E-state index contributed by atoms with van der Waals surface area (Å²) in [5.41, 5.74) is -0.494. The fourth-order valence-electron chi connectivity index (χ4n) is 8.29. The van der Waals surface area contributed by atoms with Gasteiger partial charge < -0.3 is 14.8 Å². The highest BCUT2D eigenvalue weighted by Gasteiger charge is 2.50. The highest BCUT2D eigenvalue weighted by Crippen LogP contribution is 2.51. The van der Waals surface area contributed by atoms with Crippen LogP contribution in [0.15, 0.2) is 0 Å². The Bertz CT molecular complexity index is 849. The van der Waals surface area contributed by atoms with Crippen molar-refractivity contribution in [2.24, 2.45) is 28.6 Å². The first-order valence-corrected chi connectivity index (χ1v) is 18.7. The SMILES string of the molecule is CCCCCCCCC(C)(CC)C(OC(C)=O)C(C)(CC)C(C)CC(CC(CC)CC(=O)OC)C1CCC2(CCNCC2)OO1. The van der Waals surface area contributed by atoms with Gasteiger partial charge in [0.2, 0.25) is 0 Å². The second-order valence-electron chi connectivity index (χ2n) is 15.3. The summed E-state index contributed by atoms with van der Waals surface area (Å²) in [5.74, 6) is 0.375. The summed E-state index contributed by atoms with van der Waals surface area (Å²) >= 11 is 0. The van der Waals surface area contributed by atoms with Crippen LogP contribution in [-0.2, 0) is 28.8 Å². The number of carbonyl (C=O) groups excluding carboxylic acids is 2. The first-order chi connectivity index (χ1) is 21.4. The number of esters is 2. The zero-order valence-electron chi connectivity index (χ0n) is 30.8. The van der Waals surface area contributed by atoms with Crippen molar-refractivity contribution in [3.63, 3.8) is 0 Å². The molecule has 0 radical (unpaired) electrons. The molecule has 0 saturated carbocycles. The summed E-state index contributed by atoms with van der Waals surface area (Å²) in [6, 6.07) is 0. The van der Waals surface area contributed by atoms with Crippen LogP contribution in [0.1, 0.15) is 165 Å². The molecule has 1 N–H and O–H groups in total. The van der Waals surface area contributed by atoms with Crippen molar-refractivity contribution in [1.29, 1.82) is 0 Å². The molecule has 2 aliphatic rings. The molecule has 0 amide bonds. The van der Waals surface area contributed by atoms with Gasteiger partial charge in [0.1, 0.15) is 11.7 Å². The van der Waals surface area contributed by atoms with Crippen molar-refractivity contribution >= 4 is 11.9 Å². The summed E-state index contributed by atoms with van der Waals surface area (Å²) < 4.78 is 11.5. The molecular weight excluding hydrogens is 566 g/mol. The van der Waals surface area contributed by atoms with Crippen molar-refractivity contribution in [3.8, 4) is 0 Å². The number of hydrogen-bond acceptors (Lipinski definition) is 7. The van der Waals surface area contributed by atoms with E-state index in [1.165, 1.54) is 45.6 Å². The Morgan fingerprint density at radius 2 is 1.62 bits per heavy atom. The molecule has 7 unspecified atom stereocenters. The number of nitrogens with one attached hydrogen (secondary N) is 1. The van der Waals surface area contributed by atoms with Crippen molar-refractivity contribution in [1.82, 2.24) is 5.32 Å². The summed E-state index contributed by atoms with van der Waals surface area (Å²) in [4.78, 5) is 37.6. The monoisotopic (exact) mass is 638 g/mol. The van der Waals surface area contributed by atoms with Crippen LogP contribution in [0.5, 0.6) is 0 Å². The fraction of sp³-hybridized carbons (Fsp3) is 0.947. The van der Waals surface area contributed by atoms with Gasteiger partial charge in [0.25, 0.3) is 0 Å². The van der Waals surface area contributed by atoms with E-state index in [-0.39, 0.29) is 58.3 Å². The molecule has 0 aromatic heterocycles. The maximum atomic E-state index is 12.7. The number of ether oxygens (including phenoxy) is 2. The van der Waals surface area contributed by atoms with Crippen LogP contribution in [0.2, 0.25) is 0 Å². The number of rotatable bonds is 21. The third-order valence-corrected chi connectivity index (χ3v) is 12.1.